The molecule has 0 saturated carbocycles. The molecular formula is C22H20BrNO5S. The number of carboxylic acid groups (broad SMARTS) is 1. The van der Waals surface area contributed by atoms with Gasteiger partial charge in [0.05, 0.1) is 14.9 Å². The van der Waals surface area contributed by atoms with Crippen molar-refractivity contribution < 1.29 is 24.2 Å². The molecule has 1 aliphatic heterocycles. The Balaban J connectivity index is 1.72. The van der Waals surface area contributed by atoms with Crippen LogP contribution in [0.2, 0.25) is 0 Å². The van der Waals surface area contributed by atoms with Crippen molar-refractivity contribution in [1.29, 1.82) is 0 Å². The maximum atomic E-state index is 12.5. The fourth-order valence-electron chi connectivity index (χ4n) is 2.87. The Bertz CT molecular complexity index is 1040. The number of benzene rings is 2. The number of imide groups is 1. The molecule has 1 fully saturated rings. The van der Waals surface area contributed by atoms with E-state index in [1.807, 2.05) is 13.8 Å². The van der Waals surface area contributed by atoms with Gasteiger partial charge in [0, 0.05) is 6.04 Å². The normalized spacial score (nSPS) is 16.2. The van der Waals surface area contributed by atoms with Gasteiger partial charge in [-0.1, -0.05) is 25.1 Å². The fraction of sp³-hybridized carbons (Fsp3) is 0.227. The summed E-state index contributed by atoms with van der Waals surface area (Å²) in [6.07, 6.45) is 2.40. The van der Waals surface area contributed by atoms with Gasteiger partial charge in [-0.2, -0.15) is 0 Å². The first kappa shape index (κ1) is 22.1. The van der Waals surface area contributed by atoms with Gasteiger partial charge in [-0.05, 0) is 82.5 Å². The Labute approximate surface area is 187 Å². The summed E-state index contributed by atoms with van der Waals surface area (Å²) in [7, 11) is 0. The van der Waals surface area contributed by atoms with E-state index in [9.17, 15) is 14.4 Å². The number of carbonyl (C=O) groups is 3. The third kappa shape index (κ3) is 4.94. The van der Waals surface area contributed by atoms with E-state index in [0.29, 0.717) is 21.5 Å². The van der Waals surface area contributed by atoms with E-state index in [4.69, 9.17) is 9.84 Å². The van der Waals surface area contributed by atoms with Gasteiger partial charge < -0.3 is 9.84 Å². The van der Waals surface area contributed by atoms with E-state index in [-0.39, 0.29) is 29.4 Å². The molecular weight excluding hydrogens is 470 g/mol. The summed E-state index contributed by atoms with van der Waals surface area (Å²) in [4.78, 5) is 37.5. The van der Waals surface area contributed by atoms with Crippen LogP contribution >= 0.6 is 27.7 Å². The summed E-state index contributed by atoms with van der Waals surface area (Å²) in [5.41, 5.74) is 1.71. The number of amides is 2. The van der Waals surface area contributed by atoms with E-state index in [2.05, 4.69) is 15.9 Å². The lowest BCUT2D eigenvalue weighted by atomic mass is 10.1. The van der Waals surface area contributed by atoms with Gasteiger partial charge in [0.25, 0.3) is 11.1 Å². The molecule has 3 rings (SSSR count). The molecule has 0 aliphatic carbocycles. The van der Waals surface area contributed by atoms with Crippen molar-refractivity contribution in [2.24, 2.45) is 0 Å². The number of thioether (sulfide) groups is 1. The van der Waals surface area contributed by atoms with E-state index in [1.54, 1.807) is 42.5 Å². The van der Waals surface area contributed by atoms with Crippen LogP contribution in [-0.4, -0.2) is 33.2 Å². The molecule has 2 aromatic carbocycles. The highest BCUT2D eigenvalue weighted by Crippen LogP contribution is 2.35. The molecule has 8 heteroatoms. The molecule has 1 heterocycles. The molecule has 0 aromatic heterocycles. The lowest BCUT2D eigenvalue weighted by molar-refractivity contribution is -0.124. The number of halogens is 1. The number of ether oxygens (including phenoxy) is 1. The summed E-state index contributed by atoms with van der Waals surface area (Å²) in [5.74, 6) is -0.671. The zero-order valence-electron chi connectivity index (χ0n) is 16.4. The molecule has 0 bridgehead atoms. The SMILES string of the molecule is CC[C@@H](C)N1C(=O)S/C(=C/c2ccc(OCc3cccc(C(=O)O)c3)c(Br)c2)C1=O. The molecule has 1 atom stereocenters. The van der Waals surface area contributed by atoms with Crippen LogP contribution in [0.4, 0.5) is 4.79 Å². The molecule has 0 unspecified atom stereocenters. The average Bonchev–Trinajstić information content (AvgIpc) is 3.00. The first-order valence-corrected chi connectivity index (χ1v) is 10.9. The second-order valence-corrected chi connectivity index (χ2v) is 8.64. The Morgan fingerprint density at radius 2 is 2.03 bits per heavy atom. The second-order valence-electron chi connectivity index (χ2n) is 6.79. The lowest BCUT2D eigenvalue weighted by Crippen LogP contribution is -2.36. The quantitative estimate of drug-likeness (QED) is 0.512. The first-order valence-electron chi connectivity index (χ1n) is 9.31. The minimum atomic E-state index is -0.986. The smallest absolute Gasteiger partial charge is 0.335 e. The molecule has 2 amide bonds. The third-order valence-corrected chi connectivity index (χ3v) is 6.18. The minimum absolute atomic E-state index is 0.134. The van der Waals surface area contributed by atoms with Crippen molar-refractivity contribution >= 4 is 50.9 Å². The monoisotopic (exact) mass is 489 g/mol. The first-order chi connectivity index (χ1) is 14.3. The molecule has 30 heavy (non-hydrogen) atoms. The van der Waals surface area contributed by atoms with Gasteiger partial charge >= 0.3 is 5.97 Å². The Morgan fingerprint density at radius 3 is 2.70 bits per heavy atom. The number of carbonyl (C=O) groups excluding carboxylic acids is 2. The van der Waals surface area contributed by atoms with Gasteiger partial charge in [-0.3, -0.25) is 14.5 Å². The number of hydrogen-bond acceptors (Lipinski definition) is 5. The van der Waals surface area contributed by atoms with Crippen LogP contribution in [0.25, 0.3) is 6.08 Å². The number of rotatable bonds is 7. The van der Waals surface area contributed by atoms with E-state index < -0.39 is 5.97 Å². The minimum Gasteiger partial charge on any atom is -0.488 e. The highest BCUT2D eigenvalue weighted by atomic mass is 79.9. The second kappa shape index (κ2) is 9.49. The van der Waals surface area contributed by atoms with Crippen LogP contribution in [0.15, 0.2) is 51.8 Å². The summed E-state index contributed by atoms with van der Waals surface area (Å²) in [6.45, 7) is 4.01. The van der Waals surface area contributed by atoms with Crippen molar-refractivity contribution in [3.05, 3.63) is 68.5 Å². The fourth-order valence-corrected chi connectivity index (χ4v) is 4.31. The summed E-state index contributed by atoms with van der Waals surface area (Å²) in [5, 5.41) is 8.83. The third-order valence-electron chi connectivity index (χ3n) is 4.68. The maximum Gasteiger partial charge on any atom is 0.335 e. The van der Waals surface area contributed by atoms with Gasteiger partial charge in [-0.15, -0.1) is 0 Å². The van der Waals surface area contributed by atoms with Crippen LogP contribution < -0.4 is 4.74 Å². The van der Waals surface area contributed by atoms with Gasteiger partial charge in [0.1, 0.15) is 12.4 Å². The van der Waals surface area contributed by atoms with Crippen LogP contribution in [0, 0.1) is 0 Å². The Kier molecular flexibility index (Phi) is 6.99. The number of aromatic carboxylic acids is 1. The molecule has 0 radical (unpaired) electrons. The number of hydrogen-bond donors (Lipinski definition) is 1. The largest absolute Gasteiger partial charge is 0.488 e. The van der Waals surface area contributed by atoms with Crippen molar-refractivity contribution in [1.82, 2.24) is 4.90 Å². The summed E-state index contributed by atoms with van der Waals surface area (Å²) < 4.78 is 6.48. The zero-order valence-corrected chi connectivity index (χ0v) is 18.8. The predicted octanol–water partition coefficient (Wildman–Crippen LogP) is 5.56. The standard InChI is InChI=1S/C22H20BrNO5S/c1-3-13(2)24-20(25)19(30-22(24)28)11-14-7-8-18(17(23)10-14)29-12-15-5-4-6-16(9-15)21(26)27/h4-11,13H,3,12H2,1-2H3,(H,26,27)/b19-11+/t13-/m1/s1. The molecule has 6 nitrogen and oxygen atoms in total. The molecule has 1 N–H and O–H groups in total. The number of nitrogens with zero attached hydrogens (tertiary/aromatic N) is 1. The topological polar surface area (TPSA) is 83.9 Å². The van der Waals surface area contributed by atoms with E-state index in [0.717, 1.165) is 22.9 Å². The van der Waals surface area contributed by atoms with Gasteiger partial charge in [0.2, 0.25) is 0 Å². The highest BCUT2D eigenvalue weighted by molar-refractivity contribution is 9.10. The van der Waals surface area contributed by atoms with Crippen LogP contribution in [0.1, 0.15) is 41.8 Å². The molecule has 2 aromatic rings. The van der Waals surface area contributed by atoms with Crippen molar-refractivity contribution in [2.45, 2.75) is 32.9 Å². The highest BCUT2D eigenvalue weighted by Gasteiger charge is 2.37. The molecule has 1 saturated heterocycles. The van der Waals surface area contributed by atoms with Crippen molar-refractivity contribution in [3.8, 4) is 5.75 Å². The molecule has 0 spiro atoms. The van der Waals surface area contributed by atoms with E-state index in [1.165, 1.54) is 11.0 Å². The van der Waals surface area contributed by atoms with Gasteiger partial charge in [-0.25, -0.2) is 4.79 Å². The molecule has 156 valence electrons. The summed E-state index contributed by atoms with van der Waals surface area (Å²) in [6, 6.07) is 11.8. The zero-order chi connectivity index (χ0) is 21.8. The van der Waals surface area contributed by atoms with E-state index >= 15 is 0 Å². The van der Waals surface area contributed by atoms with Gasteiger partial charge in [0.15, 0.2) is 0 Å². The van der Waals surface area contributed by atoms with Crippen molar-refractivity contribution in [3.63, 3.8) is 0 Å². The average molecular weight is 490 g/mol. The van der Waals surface area contributed by atoms with Crippen LogP contribution in [0.5, 0.6) is 5.75 Å². The predicted molar refractivity (Wildman–Crippen MR) is 119 cm³/mol. The van der Waals surface area contributed by atoms with Crippen molar-refractivity contribution in [2.75, 3.05) is 0 Å². The Morgan fingerprint density at radius 1 is 1.27 bits per heavy atom. The lowest BCUT2D eigenvalue weighted by Gasteiger charge is -2.19. The Hall–Kier alpha value is -2.58. The maximum absolute atomic E-state index is 12.5. The van der Waals surface area contributed by atoms with Crippen LogP contribution in [-0.2, 0) is 11.4 Å². The van der Waals surface area contributed by atoms with Crippen LogP contribution in [0.3, 0.4) is 0 Å². The molecule has 1 aliphatic rings. The number of carboxylic acids is 1. The summed E-state index contributed by atoms with van der Waals surface area (Å²) >= 11 is 4.41.